The fourth-order valence-electron chi connectivity index (χ4n) is 4.41. The Hall–Kier alpha value is -4.77. The molecule has 5 rings (SSSR count). The first-order valence-electron chi connectivity index (χ1n) is 12.2. The van der Waals surface area contributed by atoms with Crippen LogP contribution in [0.3, 0.4) is 0 Å². The Kier molecular flexibility index (Phi) is 7.22. The third-order valence-corrected chi connectivity index (χ3v) is 7.36. The maximum atomic E-state index is 15.1. The molecular formula is C29H25FN4O5S. The second kappa shape index (κ2) is 10.8. The normalized spacial score (nSPS) is 10.9. The number of aromatic nitrogens is 3. The summed E-state index contributed by atoms with van der Waals surface area (Å²) in [4.78, 5) is 39.2. The van der Waals surface area contributed by atoms with Crippen LogP contribution in [0.2, 0.25) is 0 Å². The summed E-state index contributed by atoms with van der Waals surface area (Å²) in [5.41, 5.74) is 3.04. The highest BCUT2D eigenvalue weighted by molar-refractivity contribution is 7.13. The number of aryl methyl sites for hydroxylation is 3. The number of pyridine rings is 3. The summed E-state index contributed by atoms with van der Waals surface area (Å²) in [6.07, 6.45) is 1.51. The van der Waals surface area contributed by atoms with E-state index >= 15 is 4.39 Å². The molecule has 0 radical (unpaired) electrons. The molecule has 0 bridgehead atoms. The number of carbonyl (C=O) groups is 1. The first-order chi connectivity index (χ1) is 19.2. The van der Waals surface area contributed by atoms with Crippen LogP contribution in [0.1, 0.15) is 27.3 Å². The summed E-state index contributed by atoms with van der Waals surface area (Å²) in [5, 5.41) is 4.53. The zero-order valence-electron chi connectivity index (χ0n) is 22.3. The average Bonchev–Trinajstić information content (AvgIpc) is 3.34. The highest BCUT2D eigenvalue weighted by Crippen LogP contribution is 2.35. The molecule has 0 saturated carbocycles. The van der Waals surface area contributed by atoms with Crippen molar-refractivity contribution in [3.05, 3.63) is 86.5 Å². The minimum Gasteiger partial charge on any atom is -0.491 e. The summed E-state index contributed by atoms with van der Waals surface area (Å²) in [5.74, 6) is -0.599. The second-order valence-corrected chi connectivity index (χ2v) is 9.88. The molecule has 0 unspecified atom stereocenters. The smallest absolute Gasteiger partial charge is 0.261 e. The standard InChI is InChI=1S/C29H25FN4O5S/c1-14-9-11-40-27(14)23-15(2)32-16(3)24(26(23)35)28(36)33-17-6-7-20(18(30)12-17)39-21-8-10-31-19-13-22(37-4)29(38-5)34-25(19)21/h6-13H,1-5H3,(H,32,35)(H,33,36). The molecular weight excluding hydrogens is 535 g/mol. The van der Waals surface area contributed by atoms with E-state index in [1.165, 1.54) is 43.9 Å². The Morgan fingerprint density at radius 3 is 2.48 bits per heavy atom. The maximum Gasteiger partial charge on any atom is 0.261 e. The molecule has 1 amide bonds. The van der Waals surface area contributed by atoms with Crippen LogP contribution in [0, 0.1) is 26.6 Å². The number of thiophene rings is 1. The molecule has 4 aromatic heterocycles. The number of fused-ring (bicyclic) bond motifs is 1. The number of rotatable bonds is 7. The Bertz CT molecular complexity index is 1830. The van der Waals surface area contributed by atoms with Crippen LogP contribution >= 0.6 is 11.3 Å². The monoisotopic (exact) mass is 560 g/mol. The SMILES string of the molecule is COc1cc2nccc(Oc3ccc(NC(=O)c4c(C)[nH]c(C)c(-c5sccc5C)c4=O)cc3F)c2nc1OC. The molecule has 1 aromatic carbocycles. The first-order valence-corrected chi connectivity index (χ1v) is 13.0. The lowest BCUT2D eigenvalue weighted by Gasteiger charge is -2.13. The van der Waals surface area contributed by atoms with Gasteiger partial charge in [0, 0.05) is 46.3 Å². The summed E-state index contributed by atoms with van der Waals surface area (Å²) in [6, 6.07) is 9.10. The van der Waals surface area contributed by atoms with Gasteiger partial charge in [-0.3, -0.25) is 14.6 Å². The predicted molar refractivity (Wildman–Crippen MR) is 152 cm³/mol. The molecule has 0 aliphatic heterocycles. The number of hydrogen-bond donors (Lipinski definition) is 2. The number of amides is 1. The first kappa shape index (κ1) is 26.8. The van der Waals surface area contributed by atoms with E-state index in [0.29, 0.717) is 33.7 Å². The fraction of sp³-hybridized carbons (Fsp3) is 0.172. The summed E-state index contributed by atoms with van der Waals surface area (Å²) >= 11 is 1.43. The number of carbonyl (C=O) groups excluding carboxylic acids is 1. The van der Waals surface area contributed by atoms with Gasteiger partial charge in [0.15, 0.2) is 23.1 Å². The van der Waals surface area contributed by atoms with Crippen molar-refractivity contribution < 1.29 is 23.4 Å². The molecule has 9 nitrogen and oxygen atoms in total. The molecule has 0 atom stereocenters. The molecule has 0 fully saturated rings. The van der Waals surface area contributed by atoms with Gasteiger partial charge in [0.2, 0.25) is 5.43 Å². The van der Waals surface area contributed by atoms with E-state index < -0.39 is 11.7 Å². The van der Waals surface area contributed by atoms with Gasteiger partial charge in [0.1, 0.15) is 11.1 Å². The van der Waals surface area contributed by atoms with E-state index in [-0.39, 0.29) is 34.1 Å². The molecule has 11 heteroatoms. The number of nitrogens with one attached hydrogen (secondary N) is 2. The third-order valence-electron chi connectivity index (χ3n) is 6.33. The molecule has 40 heavy (non-hydrogen) atoms. The number of aromatic amines is 1. The molecule has 0 saturated heterocycles. The quantitative estimate of drug-likeness (QED) is 0.244. The average molecular weight is 561 g/mol. The van der Waals surface area contributed by atoms with Gasteiger partial charge in [-0.25, -0.2) is 9.37 Å². The Labute approximate surface area is 232 Å². The molecule has 4 heterocycles. The van der Waals surface area contributed by atoms with E-state index in [2.05, 4.69) is 20.3 Å². The maximum absolute atomic E-state index is 15.1. The Morgan fingerprint density at radius 2 is 1.80 bits per heavy atom. The van der Waals surface area contributed by atoms with Crippen LogP contribution < -0.4 is 25.0 Å². The van der Waals surface area contributed by atoms with E-state index in [1.54, 1.807) is 26.0 Å². The van der Waals surface area contributed by atoms with E-state index in [4.69, 9.17) is 14.2 Å². The van der Waals surface area contributed by atoms with E-state index in [0.717, 1.165) is 16.5 Å². The fourth-order valence-corrected chi connectivity index (χ4v) is 5.43. The lowest BCUT2D eigenvalue weighted by molar-refractivity contribution is 0.102. The molecule has 0 aliphatic carbocycles. The summed E-state index contributed by atoms with van der Waals surface area (Å²) < 4.78 is 31.5. The topological polar surface area (TPSA) is 115 Å². The van der Waals surface area contributed by atoms with Crippen molar-refractivity contribution in [2.75, 3.05) is 19.5 Å². The van der Waals surface area contributed by atoms with Gasteiger partial charge in [-0.1, -0.05) is 0 Å². The van der Waals surface area contributed by atoms with Crippen LogP contribution in [0.4, 0.5) is 10.1 Å². The Morgan fingerprint density at radius 1 is 1.00 bits per heavy atom. The second-order valence-electron chi connectivity index (χ2n) is 8.96. The number of anilines is 1. The largest absolute Gasteiger partial charge is 0.491 e. The lowest BCUT2D eigenvalue weighted by Crippen LogP contribution is -2.26. The number of nitrogens with zero attached hydrogens (tertiary/aromatic N) is 2. The van der Waals surface area contributed by atoms with Crippen LogP contribution in [0.5, 0.6) is 23.1 Å². The zero-order chi connectivity index (χ0) is 28.6. The van der Waals surface area contributed by atoms with Gasteiger partial charge >= 0.3 is 0 Å². The van der Waals surface area contributed by atoms with Crippen molar-refractivity contribution in [1.82, 2.24) is 15.0 Å². The van der Waals surface area contributed by atoms with Crippen molar-refractivity contribution in [2.45, 2.75) is 20.8 Å². The van der Waals surface area contributed by atoms with Gasteiger partial charge in [0.05, 0.1) is 25.3 Å². The number of methoxy groups -OCH3 is 2. The van der Waals surface area contributed by atoms with Crippen molar-refractivity contribution in [1.29, 1.82) is 0 Å². The van der Waals surface area contributed by atoms with E-state index in [9.17, 15) is 9.59 Å². The van der Waals surface area contributed by atoms with Crippen LogP contribution in [-0.4, -0.2) is 35.1 Å². The number of benzene rings is 1. The van der Waals surface area contributed by atoms with Gasteiger partial charge in [-0.05, 0) is 49.9 Å². The molecule has 204 valence electrons. The van der Waals surface area contributed by atoms with Gasteiger partial charge in [-0.2, -0.15) is 0 Å². The minimum atomic E-state index is -0.729. The summed E-state index contributed by atoms with van der Waals surface area (Å²) in [7, 11) is 2.94. The molecule has 5 aromatic rings. The van der Waals surface area contributed by atoms with Crippen LogP contribution in [-0.2, 0) is 0 Å². The Balaban J connectivity index is 1.43. The highest BCUT2D eigenvalue weighted by Gasteiger charge is 2.22. The number of ether oxygens (including phenoxy) is 3. The van der Waals surface area contributed by atoms with E-state index in [1.807, 2.05) is 18.4 Å². The van der Waals surface area contributed by atoms with Gasteiger partial charge in [0.25, 0.3) is 11.8 Å². The van der Waals surface area contributed by atoms with Gasteiger partial charge in [-0.15, -0.1) is 11.3 Å². The van der Waals surface area contributed by atoms with Crippen LogP contribution in [0.15, 0.2) is 52.8 Å². The van der Waals surface area contributed by atoms with Crippen LogP contribution in [0.25, 0.3) is 21.5 Å². The number of halogens is 1. The molecule has 0 spiro atoms. The number of hydrogen-bond acceptors (Lipinski definition) is 8. The van der Waals surface area contributed by atoms with Crippen molar-refractivity contribution in [3.8, 4) is 33.6 Å². The lowest BCUT2D eigenvalue weighted by atomic mass is 10.0. The van der Waals surface area contributed by atoms with Gasteiger partial charge < -0.3 is 24.5 Å². The minimum absolute atomic E-state index is 0.0344. The third kappa shape index (κ3) is 4.87. The van der Waals surface area contributed by atoms with Crippen molar-refractivity contribution in [2.24, 2.45) is 0 Å². The molecule has 2 N–H and O–H groups in total. The summed E-state index contributed by atoms with van der Waals surface area (Å²) in [6.45, 7) is 5.37. The van der Waals surface area contributed by atoms with Crippen molar-refractivity contribution in [3.63, 3.8) is 0 Å². The van der Waals surface area contributed by atoms with Crippen molar-refractivity contribution >= 4 is 34.0 Å². The highest BCUT2D eigenvalue weighted by atomic mass is 32.1. The molecule has 0 aliphatic rings. The number of H-pyrrole nitrogens is 1. The predicted octanol–water partition coefficient (Wildman–Crippen LogP) is 6.17. The zero-order valence-corrected chi connectivity index (χ0v) is 23.2.